The number of amides is 3. The summed E-state index contributed by atoms with van der Waals surface area (Å²) < 4.78 is 12.6. The first-order chi connectivity index (χ1) is 13.2. The molecule has 2 N–H and O–H groups in total. The molecule has 2 aromatic rings. The van der Waals surface area contributed by atoms with Crippen molar-refractivity contribution in [3.63, 3.8) is 0 Å². The maximum Gasteiger partial charge on any atom is 0.322 e. The number of hydrogen-bond acceptors (Lipinski definition) is 6. The molecule has 27 heavy (non-hydrogen) atoms. The minimum Gasteiger partial charge on any atom is -0.494 e. The van der Waals surface area contributed by atoms with Gasteiger partial charge in [-0.2, -0.15) is 5.10 Å². The third kappa shape index (κ3) is 3.50. The zero-order chi connectivity index (χ0) is 18.8. The number of benzene rings is 1. The third-order valence-corrected chi connectivity index (χ3v) is 4.84. The fraction of sp³-hybridized carbons (Fsp3) is 0.444. The second-order valence-corrected chi connectivity index (χ2v) is 6.58. The summed E-state index contributed by atoms with van der Waals surface area (Å²) in [5, 5.41) is 9.59. The summed E-state index contributed by atoms with van der Waals surface area (Å²) in [4.78, 5) is 28.1. The molecule has 2 saturated heterocycles. The predicted molar refractivity (Wildman–Crippen MR) is 94.9 cm³/mol. The molecular weight excluding hydrogens is 350 g/mol. The van der Waals surface area contributed by atoms with Crippen molar-refractivity contribution in [3.8, 4) is 11.4 Å². The van der Waals surface area contributed by atoms with E-state index >= 15 is 0 Å². The predicted octanol–water partition coefficient (Wildman–Crippen LogP) is 0.920. The number of nitrogens with one attached hydrogen (secondary N) is 2. The Morgan fingerprint density at radius 2 is 2.04 bits per heavy atom. The zero-order valence-electron chi connectivity index (χ0n) is 15.0. The summed E-state index contributed by atoms with van der Waals surface area (Å²) in [7, 11) is 1.60. The van der Waals surface area contributed by atoms with Crippen LogP contribution in [0.3, 0.4) is 0 Å². The maximum atomic E-state index is 12.0. The number of nitrogens with zero attached hydrogens (tertiary/aromatic N) is 3. The van der Waals surface area contributed by atoms with Gasteiger partial charge in [0.05, 0.1) is 7.11 Å². The number of para-hydroxylation sites is 2. The van der Waals surface area contributed by atoms with Gasteiger partial charge in [0.2, 0.25) is 0 Å². The van der Waals surface area contributed by atoms with E-state index in [0.29, 0.717) is 24.8 Å². The van der Waals surface area contributed by atoms with E-state index < -0.39 is 12.1 Å². The van der Waals surface area contributed by atoms with Crippen LogP contribution in [0.25, 0.3) is 5.69 Å². The molecule has 9 heteroatoms. The zero-order valence-corrected chi connectivity index (χ0v) is 15.0. The lowest BCUT2D eigenvalue weighted by molar-refractivity contribution is -0.120. The summed E-state index contributed by atoms with van der Waals surface area (Å²) in [6, 6.07) is 6.34. The van der Waals surface area contributed by atoms with Crippen molar-refractivity contribution < 1.29 is 19.1 Å². The number of urea groups is 1. The van der Waals surface area contributed by atoms with Crippen molar-refractivity contribution in [2.24, 2.45) is 0 Å². The lowest BCUT2D eigenvalue weighted by atomic mass is 10.00. The number of imide groups is 1. The van der Waals surface area contributed by atoms with Gasteiger partial charge in [0.1, 0.15) is 23.3 Å². The summed E-state index contributed by atoms with van der Waals surface area (Å²) in [5.74, 6) is 1.83. The van der Waals surface area contributed by atoms with Gasteiger partial charge in [-0.1, -0.05) is 12.1 Å². The van der Waals surface area contributed by atoms with E-state index in [2.05, 4.69) is 10.6 Å². The largest absolute Gasteiger partial charge is 0.494 e. The molecule has 4 rings (SSSR count). The fourth-order valence-corrected chi connectivity index (χ4v) is 3.41. The number of rotatable bonds is 5. The van der Waals surface area contributed by atoms with E-state index in [1.165, 1.54) is 0 Å². The average molecular weight is 371 g/mol. The Balaban J connectivity index is 1.72. The number of aromatic nitrogens is 3. The quantitative estimate of drug-likeness (QED) is 0.757. The van der Waals surface area contributed by atoms with Crippen molar-refractivity contribution >= 4 is 11.9 Å². The van der Waals surface area contributed by atoms with E-state index in [9.17, 15) is 9.59 Å². The van der Waals surface area contributed by atoms with Crippen molar-refractivity contribution in [1.82, 2.24) is 25.4 Å². The lowest BCUT2D eigenvalue weighted by Gasteiger charge is -2.18. The van der Waals surface area contributed by atoms with Crippen molar-refractivity contribution in [3.05, 3.63) is 35.9 Å². The Hall–Kier alpha value is -2.94. The molecule has 3 amide bonds. The van der Waals surface area contributed by atoms with E-state index in [4.69, 9.17) is 19.6 Å². The van der Waals surface area contributed by atoms with Gasteiger partial charge in [-0.05, 0) is 25.0 Å². The highest BCUT2D eigenvalue weighted by atomic mass is 16.5. The Bertz CT molecular complexity index is 859. The summed E-state index contributed by atoms with van der Waals surface area (Å²) in [5.41, 5.74) is 0.741. The van der Waals surface area contributed by atoms with Gasteiger partial charge >= 0.3 is 6.03 Å². The molecule has 0 spiro atoms. The molecular formula is C18H21N5O4. The fourth-order valence-electron chi connectivity index (χ4n) is 3.41. The molecule has 2 fully saturated rings. The number of methoxy groups -OCH3 is 1. The first kappa shape index (κ1) is 17.5. The van der Waals surface area contributed by atoms with Crippen molar-refractivity contribution in [1.29, 1.82) is 0 Å². The standard InChI is InChI=1S/C18H21N5O4/c1-26-14-5-3-2-4-13(14)23-15(10-12-17(24)21-18(25)19-12)20-16(22-23)11-6-8-27-9-7-11/h2-5,11-12H,6-10H2,1H3,(H2,19,21,24,25)/t12-/m1/s1. The Labute approximate surface area is 156 Å². The molecule has 3 heterocycles. The first-order valence-corrected chi connectivity index (χ1v) is 8.94. The Kier molecular flexibility index (Phi) is 4.76. The van der Waals surface area contributed by atoms with Crippen LogP contribution < -0.4 is 15.4 Å². The lowest BCUT2D eigenvalue weighted by Crippen LogP contribution is -2.32. The van der Waals surface area contributed by atoms with Crippen LogP contribution in [0.1, 0.15) is 30.4 Å². The highest BCUT2D eigenvalue weighted by molar-refractivity contribution is 6.04. The van der Waals surface area contributed by atoms with Crippen LogP contribution in [0.15, 0.2) is 24.3 Å². The van der Waals surface area contributed by atoms with Crippen LogP contribution in [0.2, 0.25) is 0 Å². The van der Waals surface area contributed by atoms with Crippen molar-refractivity contribution in [2.45, 2.75) is 31.2 Å². The van der Waals surface area contributed by atoms with Gasteiger partial charge in [-0.25, -0.2) is 14.5 Å². The van der Waals surface area contributed by atoms with Crippen LogP contribution in [0.5, 0.6) is 5.75 Å². The SMILES string of the molecule is COc1ccccc1-n1nc(C2CCOCC2)nc1C[C@H]1NC(=O)NC1=O. The summed E-state index contributed by atoms with van der Waals surface area (Å²) in [6.07, 6.45) is 1.96. The van der Waals surface area contributed by atoms with Crippen LogP contribution in [-0.2, 0) is 16.0 Å². The van der Waals surface area contributed by atoms with E-state index in [0.717, 1.165) is 24.4 Å². The summed E-state index contributed by atoms with van der Waals surface area (Å²) >= 11 is 0. The number of hydrogen-bond donors (Lipinski definition) is 2. The molecule has 1 aromatic carbocycles. The molecule has 0 bridgehead atoms. The van der Waals surface area contributed by atoms with E-state index in [-0.39, 0.29) is 18.2 Å². The molecule has 0 radical (unpaired) electrons. The third-order valence-electron chi connectivity index (χ3n) is 4.84. The number of carbonyl (C=O) groups excluding carboxylic acids is 2. The maximum absolute atomic E-state index is 12.0. The normalized spacial score (nSPS) is 20.4. The highest BCUT2D eigenvalue weighted by Crippen LogP contribution is 2.28. The van der Waals surface area contributed by atoms with Crippen molar-refractivity contribution in [2.75, 3.05) is 20.3 Å². The average Bonchev–Trinajstić information content (AvgIpc) is 3.25. The van der Waals surface area contributed by atoms with Gasteiger partial charge in [-0.15, -0.1) is 0 Å². The van der Waals surface area contributed by atoms with Crippen LogP contribution in [0.4, 0.5) is 4.79 Å². The van der Waals surface area contributed by atoms with E-state index in [1.807, 2.05) is 24.3 Å². The molecule has 1 aromatic heterocycles. The molecule has 1 atom stereocenters. The molecule has 0 saturated carbocycles. The molecule has 0 unspecified atom stereocenters. The van der Waals surface area contributed by atoms with Crippen LogP contribution in [-0.4, -0.2) is 53.1 Å². The minimum atomic E-state index is -0.669. The molecule has 0 aliphatic carbocycles. The second kappa shape index (κ2) is 7.36. The number of ether oxygens (including phenoxy) is 2. The van der Waals surface area contributed by atoms with Gasteiger partial charge in [-0.3, -0.25) is 10.1 Å². The molecule has 9 nitrogen and oxygen atoms in total. The monoisotopic (exact) mass is 371 g/mol. The second-order valence-electron chi connectivity index (χ2n) is 6.58. The topological polar surface area (TPSA) is 107 Å². The number of carbonyl (C=O) groups is 2. The Morgan fingerprint density at radius 1 is 1.26 bits per heavy atom. The molecule has 2 aliphatic heterocycles. The highest BCUT2D eigenvalue weighted by Gasteiger charge is 2.32. The van der Waals surface area contributed by atoms with Gasteiger partial charge in [0, 0.05) is 25.6 Å². The molecule has 142 valence electrons. The van der Waals surface area contributed by atoms with Gasteiger partial charge in [0.25, 0.3) is 5.91 Å². The van der Waals surface area contributed by atoms with E-state index in [1.54, 1.807) is 11.8 Å². The first-order valence-electron chi connectivity index (χ1n) is 8.94. The smallest absolute Gasteiger partial charge is 0.322 e. The molecule has 2 aliphatic rings. The van der Waals surface area contributed by atoms with Gasteiger partial charge in [0.15, 0.2) is 5.82 Å². The summed E-state index contributed by atoms with van der Waals surface area (Å²) in [6.45, 7) is 1.37. The Morgan fingerprint density at radius 3 is 2.74 bits per heavy atom. The minimum absolute atomic E-state index is 0.209. The van der Waals surface area contributed by atoms with Crippen LogP contribution >= 0.6 is 0 Å². The van der Waals surface area contributed by atoms with Gasteiger partial charge < -0.3 is 14.8 Å². The van der Waals surface area contributed by atoms with Crippen LogP contribution in [0, 0.1) is 0 Å².